The molecule has 1 saturated heterocycles. The highest BCUT2D eigenvalue weighted by molar-refractivity contribution is 5.90. The number of H-pyrrole nitrogens is 1. The zero-order chi connectivity index (χ0) is 29.5. The number of aryl methyl sites for hydroxylation is 2. The second-order valence-corrected chi connectivity index (χ2v) is 12.3. The van der Waals surface area contributed by atoms with Crippen molar-refractivity contribution in [2.75, 3.05) is 39.8 Å². The Bertz CT molecular complexity index is 1340. The van der Waals surface area contributed by atoms with Crippen LogP contribution >= 0.6 is 0 Å². The predicted octanol–water partition coefficient (Wildman–Crippen LogP) is 4.93. The number of para-hydroxylation sites is 1. The number of hydrogen-bond acceptors (Lipinski definition) is 4. The molecule has 7 heteroatoms. The molecule has 1 aliphatic heterocycles. The number of nitrogens with one attached hydrogen (secondary N) is 2. The Morgan fingerprint density at radius 3 is 2.43 bits per heavy atom. The number of piperazine rings is 1. The van der Waals surface area contributed by atoms with E-state index in [0.717, 1.165) is 67.1 Å². The van der Waals surface area contributed by atoms with E-state index in [1.807, 2.05) is 31.4 Å². The first kappa shape index (κ1) is 30.3. The summed E-state index contributed by atoms with van der Waals surface area (Å²) in [5.74, 6) is -0.137. The van der Waals surface area contributed by atoms with Crippen molar-refractivity contribution in [2.45, 2.75) is 83.8 Å². The molecule has 0 bridgehead atoms. The van der Waals surface area contributed by atoms with Gasteiger partial charge in [0.15, 0.2) is 0 Å². The average molecular weight is 572 g/mol. The molecule has 0 radical (unpaired) electrons. The number of nitrogens with zero attached hydrogens (tertiary/aromatic N) is 3. The van der Waals surface area contributed by atoms with Gasteiger partial charge < -0.3 is 15.2 Å². The molecule has 2 heterocycles. The van der Waals surface area contributed by atoms with Gasteiger partial charge in [-0.1, -0.05) is 69.5 Å². The Morgan fingerprint density at radius 2 is 1.69 bits per heavy atom. The minimum Gasteiger partial charge on any atom is -0.361 e. The van der Waals surface area contributed by atoms with Gasteiger partial charge in [0.1, 0.15) is 6.04 Å². The fourth-order valence-electron chi connectivity index (χ4n) is 6.97. The summed E-state index contributed by atoms with van der Waals surface area (Å²) in [5.41, 5.74) is 5.90. The number of carbonyl (C=O) groups excluding carboxylic acids is 2. The predicted molar refractivity (Wildman–Crippen MR) is 170 cm³/mol. The van der Waals surface area contributed by atoms with Gasteiger partial charge in [0.05, 0.1) is 6.54 Å². The molecule has 42 heavy (non-hydrogen) atoms. The lowest BCUT2D eigenvalue weighted by atomic mass is 9.94. The lowest BCUT2D eigenvalue weighted by Crippen LogP contribution is -2.55. The van der Waals surface area contributed by atoms with Gasteiger partial charge in [0.2, 0.25) is 11.8 Å². The summed E-state index contributed by atoms with van der Waals surface area (Å²) in [4.78, 5) is 37.3. The third-order valence-electron chi connectivity index (χ3n) is 9.43. The van der Waals surface area contributed by atoms with Gasteiger partial charge in [0, 0.05) is 69.3 Å². The van der Waals surface area contributed by atoms with Crippen LogP contribution in [0.15, 0.2) is 48.7 Å². The number of rotatable bonds is 11. The highest BCUT2D eigenvalue weighted by atomic mass is 16.2. The molecule has 5 rings (SSSR count). The van der Waals surface area contributed by atoms with Crippen molar-refractivity contribution in [3.05, 3.63) is 70.9 Å². The monoisotopic (exact) mass is 571 g/mol. The molecular formula is C35H49N5O2. The topological polar surface area (TPSA) is 71.7 Å². The number of carbonyl (C=O) groups is 2. The van der Waals surface area contributed by atoms with E-state index in [1.54, 1.807) is 4.90 Å². The molecule has 1 atom stereocenters. The molecule has 2 aliphatic rings. The maximum Gasteiger partial charge on any atom is 0.245 e. The summed E-state index contributed by atoms with van der Waals surface area (Å²) in [6.45, 7) is 9.05. The molecule has 1 aromatic heterocycles. The van der Waals surface area contributed by atoms with Crippen molar-refractivity contribution < 1.29 is 9.59 Å². The average Bonchev–Trinajstić information content (AvgIpc) is 3.43. The van der Waals surface area contributed by atoms with E-state index in [1.165, 1.54) is 43.2 Å². The summed E-state index contributed by atoms with van der Waals surface area (Å²) >= 11 is 0. The number of hydrogen-bond donors (Lipinski definition) is 2. The Labute approximate surface area is 251 Å². The number of aromatic amines is 1. The Hall–Kier alpha value is -3.16. The minimum absolute atomic E-state index is 0.0617. The van der Waals surface area contributed by atoms with E-state index >= 15 is 0 Å². The van der Waals surface area contributed by atoms with Crippen LogP contribution in [0.4, 0.5) is 0 Å². The lowest BCUT2D eigenvalue weighted by molar-refractivity contribution is -0.136. The first-order valence-electron chi connectivity index (χ1n) is 16.1. The quantitative estimate of drug-likeness (QED) is 0.343. The van der Waals surface area contributed by atoms with Crippen molar-refractivity contribution in [1.29, 1.82) is 0 Å². The summed E-state index contributed by atoms with van der Waals surface area (Å²) in [7, 11) is 1.85. The molecule has 2 N–H and O–H groups in total. The molecule has 1 aliphatic carbocycles. The van der Waals surface area contributed by atoms with E-state index < -0.39 is 6.04 Å². The third-order valence-corrected chi connectivity index (χ3v) is 9.43. The molecule has 7 nitrogen and oxygen atoms in total. The zero-order valence-corrected chi connectivity index (χ0v) is 25.8. The number of amides is 2. The van der Waals surface area contributed by atoms with Crippen LogP contribution in [0.25, 0.3) is 10.9 Å². The van der Waals surface area contributed by atoms with Gasteiger partial charge in [-0.3, -0.25) is 19.4 Å². The van der Waals surface area contributed by atoms with Crippen LogP contribution in [0.5, 0.6) is 0 Å². The smallest absolute Gasteiger partial charge is 0.245 e. The van der Waals surface area contributed by atoms with Gasteiger partial charge in [-0.05, 0) is 54.0 Å². The fourth-order valence-corrected chi connectivity index (χ4v) is 6.97. The van der Waals surface area contributed by atoms with Crippen molar-refractivity contribution in [3.8, 4) is 0 Å². The summed E-state index contributed by atoms with van der Waals surface area (Å²) in [6.07, 6.45) is 11.1. The zero-order valence-electron chi connectivity index (χ0n) is 25.8. The van der Waals surface area contributed by atoms with Crippen LogP contribution in [0.1, 0.15) is 68.2 Å². The molecule has 2 amide bonds. The molecule has 3 aromatic rings. The molecule has 2 aromatic carbocycles. The van der Waals surface area contributed by atoms with Crippen molar-refractivity contribution >= 4 is 22.7 Å². The van der Waals surface area contributed by atoms with Crippen molar-refractivity contribution in [2.24, 2.45) is 0 Å². The van der Waals surface area contributed by atoms with E-state index in [2.05, 4.69) is 58.2 Å². The lowest BCUT2D eigenvalue weighted by Gasteiger charge is -2.40. The van der Waals surface area contributed by atoms with E-state index in [4.69, 9.17) is 0 Å². The van der Waals surface area contributed by atoms with E-state index in [0.29, 0.717) is 19.5 Å². The van der Waals surface area contributed by atoms with Crippen LogP contribution in [0, 0.1) is 0 Å². The maximum atomic E-state index is 13.9. The molecule has 0 spiro atoms. The number of likely N-dealkylation sites (N-methyl/N-ethyl adjacent to an activating group) is 1. The fraction of sp³-hybridized carbons (Fsp3) is 0.543. The van der Waals surface area contributed by atoms with Gasteiger partial charge in [-0.15, -0.1) is 0 Å². The Balaban J connectivity index is 1.25. The minimum atomic E-state index is -0.634. The molecule has 1 unspecified atom stereocenters. The molecule has 1 saturated carbocycles. The summed E-state index contributed by atoms with van der Waals surface area (Å²) < 4.78 is 0. The van der Waals surface area contributed by atoms with Gasteiger partial charge >= 0.3 is 0 Å². The molecule has 226 valence electrons. The van der Waals surface area contributed by atoms with Crippen LogP contribution in [0.3, 0.4) is 0 Å². The van der Waals surface area contributed by atoms with Crippen LogP contribution in [-0.2, 0) is 35.4 Å². The van der Waals surface area contributed by atoms with Crippen LogP contribution < -0.4 is 5.32 Å². The highest BCUT2D eigenvalue weighted by Gasteiger charge is 2.29. The first-order valence-corrected chi connectivity index (χ1v) is 16.1. The Morgan fingerprint density at radius 1 is 0.952 bits per heavy atom. The van der Waals surface area contributed by atoms with Crippen molar-refractivity contribution in [1.82, 2.24) is 25.0 Å². The number of benzene rings is 2. The number of fused-ring (bicyclic) bond motifs is 1. The third kappa shape index (κ3) is 7.42. The Kier molecular flexibility index (Phi) is 10.3. The summed E-state index contributed by atoms with van der Waals surface area (Å²) in [5, 5.41) is 4.24. The van der Waals surface area contributed by atoms with Gasteiger partial charge in [0.25, 0.3) is 0 Å². The van der Waals surface area contributed by atoms with Gasteiger partial charge in [-0.2, -0.15) is 0 Å². The number of aromatic nitrogens is 1. The standard InChI is InChI=1S/C35H49N5O2/c1-4-27-16-15-26(21-28(27)5-2)24-38(3)35(42)33(22-29-23-36-32-14-10-9-13-31(29)32)37-34(41)25-39-17-19-40(20-18-39)30-11-7-6-8-12-30/h9-10,13-16,21,23,30,33,36H,4-8,11-12,17-20,22,24-25H2,1-3H3,(H,37,41). The van der Waals surface area contributed by atoms with Crippen molar-refractivity contribution in [3.63, 3.8) is 0 Å². The SMILES string of the molecule is CCc1ccc(CN(C)C(=O)C(Cc2c[nH]c3ccccc23)NC(=O)CN2CCN(C3CCCCC3)CC2)cc1CC. The first-order chi connectivity index (χ1) is 20.4. The molecular weight excluding hydrogens is 522 g/mol. The maximum absolute atomic E-state index is 13.9. The van der Waals surface area contributed by atoms with Crippen LogP contribution in [-0.4, -0.2) is 83.4 Å². The van der Waals surface area contributed by atoms with Gasteiger partial charge in [-0.25, -0.2) is 0 Å². The normalized spacial score (nSPS) is 17.8. The summed E-state index contributed by atoms with van der Waals surface area (Å²) in [6, 6.07) is 14.8. The second kappa shape index (κ2) is 14.3. The molecule has 2 fully saturated rings. The largest absolute Gasteiger partial charge is 0.361 e. The highest BCUT2D eigenvalue weighted by Crippen LogP contribution is 2.24. The van der Waals surface area contributed by atoms with E-state index in [-0.39, 0.29) is 11.8 Å². The van der Waals surface area contributed by atoms with E-state index in [9.17, 15) is 9.59 Å². The second-order valence-electron chi connectivity index (χ2n) is 12.3. The van der Waals surface area contributed by atoms with Crippen LogP contribution in [0.2, 0.25) is 0 Å².